The quantitative estimate of drug-likeness (QED) is 0.752. The molecule has 2 rings (SSSR count). The summed E-state index contributed by atoms with van der Waals surface area (Å²) in [4.78, 5) is 11.4. The van der Waals surface area contributed by atoms with E-state index in [4.69, 9.17) is 11.6 Å². The lowest BCUT2D eigenvalue weighted by atomic mass is 9.65. The van der Waals surface area contributed by atoms with E-state index in [1.54, 1.807) is 0 Å². The molecule has 0 spiro atoms. The first-order valence-corrected chi connectivity index (χ1v) is 5.78. The average molecular weight is 274 g/mol. The van der Waals surface area contributed by atoms with Gasteiger partial charge in [0, 0.05) is 4.47 Å². The Bertz CT molecular complexity index is 354. The van der Waals surface area contributed by atoms with Gasteiger partial charge in [0.25, 0.3) is 0 Å². The van der Waals surface area contributed by atoms with Crippen LogP contribution in [0, 0.1) is 0 Å². The normalized spacial score (nSPS) is 18.7. The molecule has 0 N–H and O–H groups in total. The van der Waals surface area contributed by atoms with E-state index in [0.29, 0.717) is 0 Å². The number of halogens is 2. The summed E-state index contributed by atoms with van der Waals surface area (Å²) >= 11 is 9.03. The molecule has 1 aliphatic carbocycles. The second kappa shape index (κ2) is 3.67. The van der Waals surface area contributed by atoms with E-state index in [0.717, 1.165) is 29.3 Å². The van der Waals surface area contributed by atoms with Gasteiger partial charge in [0.05, 0.1) is 5.41 Å². The van der Waals surface area contributed by atoms with Crippen molar-refractivity contribution in [3.63, 3.8) is 0 Å². The molecule has 0 radical (unpaired) electrons. The second-order valence-electron chi connectivity index (χ2n) is 3.72. The molecule has 0 atom stereocenters. The number of rotatable bonds is 2. The van der Waals surface area contributed by atoms with Gasteiger partial charge in [-0.05, 0) is 42.1 Å². The molecule has 0 heterocycles. The van der Waals surface area contributed by atoms with Crippen LogP contribution in [0.4, 0.5) is 0 Å². The van der Waals surface area contributed by atoms with Crippen LogP contribution >= 0.6 is 27.5 Å². The van der Waals surface area contributed by atoms with Gasteiger partial charge < -0.3 is 0 Å². The molecule has 0 saturated heterocycles. The van der Waals surface area contributed by atoms with Crippen molar-refractivity contribution in [2.24, 2.45) is 0 Å². The predicted molar refractivity (Wildman–Crippen MR) is 60.5 cm³/mol. The first-order chi connectivity index (χ1) is 6.65. The summed E-state index contributed by atoms with van der Waals surface area (Å²) in [6.45, 7) is 0. The van der Waals surface area contributed by atoms with Crippen LogP contribution in [0.1, 0.15) is 24.8 Å². The molecule has 1 aromatic rings. The zero-order valence-electron chi connectivity index (χ0n) is 7.59. The lowest BCUT2D eigenvalue weighted by Crippen LogP contribution is -2.39. The summed E-state index contributed by atoms with van der Waals surface area (Å²) in [6, 6.07) is 7.86. The Morgan fingerprint density at radius 3 is 2.21 bits per heavy atom. The fraction of sp³-hybridized carbons (Fsp3) is 0.364. The number of benzene rings is 1. The first-order valence-electron chi connectivity index (χ1n) is 4.61. The summed E-state index contributed by atoms with van der Waals surface area (Å²) in [6.07, 6.45) is 2.86. The van der Waals surface area contributed by atoms with E-state index < -0.39 is 0 Å². The average Bonchev–Trinajstić information content (AvgIpc) is 2.05. The van der Waals surface area contributed by atoms with E-state index >= 15 is 0 Å². The third kappa shape index (κ3) is 1.51. The molecule has 1 aromatic carbocycles. The van der Waals surface area contributed by atoms with Crippen molar-refractivity contribution < 1.29 is 4.79 Å². The van der Waals surface area contributed by atoms with Crippen LogP contribution < -0.4 is 0 Å². The van der Waals surface area contributed by atoms with Crippen molar-refractivity contribution in [1.82, 2.24) is 0 Å². The van der Waals surface area contributed by atoms with Crippen molar-refractivity contribution in [3.05, 3.63) is 34.3 Å². The highest BCUT2D eigenvalue weighted by Crippen LogP contribution is 2.45. The van der Waals surface area contributed by atoms with Gasteiger partial charge in [-0.25, -0.2) is 0 Å². The molecule has 1 nitrogen and oxygen atoms in total. The molecule has 74 valence electrons. The van der Waals surface area contributed by atoms with E-state index in [1.165, 1.54) is 0 Å². The zero-order valence-corrected chi connectivity index (χ0v) is 9.94. The minimum Gasteiger partial charge on any atom is -0.280 e. The van der Waals surface area contributed by atoms with Gasteiger partial charge in [-0.15, -0.1) is 0 Å². The molecule has 1 fully saturated rings. The van der Waals surface area contributed by atoms with Crippen molar-refractivity contribution in [2.45, 2.75) is 24.7 Å². The molecule has 0 amide bonds. The molecule has 1 saturated carbocycles. The fourth-order valence-electron chi connectivity index (χ4n) is 1.90. The molecular weight excluding hydrogens is 263 g/mol. The first kappa shape index (κ1) is 10.2. The Balaban J connectivity index is 2.37. The molecule has 0 aromatic heterocycles. The Morgan fingerprint density at radius 2 is 1.86 bits per heavy atom. The Labute approximate surface area is 96.6 Å². The highest BCUT2D eigenvalue weighted by molar-refractivity contribution is 9.10. The third-order valence-corrected chi connectivity index (χ3v) is 3.87. The molecule has 14 heavy (non-hydrogen) atoms. The van der Waals surface area contributed by atoms with Crippen molar-refractivity contribution in [1.29, 1.82) is 0 Å². The standard InChI is InChI=1S/C11H10BrClO/c12-9-4-2-8(3-5-9)11(10(13)14)6-1-7-11/h2-5H,1,6-7H2. The van der Waals surface area contributed by atoms with Crippen LogP contribution in [0.3, 0.4) is 0 Å². The van der Waals surface area contributed by atoms with E-state index in [2.05, 4.69) is 15.9 Å². The maximum atomic E-state index is 11.4. The van der Waals surface area contributed by atoms with Gasteiger partial charge in [0.2, 0.25) is 5.24 Å². The minimum atomic E-state index is -0.387. The third-order valence-electron chi connectivity index (χ3n) is 2.98. The maximum absolute atomic E-state index is 11.4. The highest BCUT2D eigenvalue weighted by Gasteiger charge is 2.44. The largest absolute Gasteiger partial charge is 0.280 e. The summed E-state index contributed by atoms with van der Waals surface area (Å²) < 4.78 is 1.03. The van der Waals surface area contributed by atoms with Crippen LogP contribution in [0.25, 0.3) is 0 Å². The molecule has 0 bridgehead atoms. The van der Waals surface area contributed by atoms with Crippen molar-refractivity contribution >= 4 is 32.8 Å². The summed E-state index contributed by atoms with van der Waals surface area (Å²) in [5.41, 5.74) is 0.661. The van der Waals surface area contributed by atoms with Gasteiger partial charge in [-0.2, -0.15) is 0 Å². The number of carbonyl (C=O) groups excluding carboxylic acids is 1. The van der Waals surface area contributed by atoms with Gasteiger partial charge in [0.15, 0.2) is 0 Å². The Morgan fingerprint density at radius 1 is 1.29 bits per heavy atom. The van der Waals surface area contributed by atoms with Gasteiger partial charge in [-0.3, -0.25) is 4.79 Å². The number of hydrogen-bond acceptors (Lipinski definition) is 1. The van der Waals surface area contributed by atoms with E-state index in [1.807, 2.05) is 24.3 Å². The Hall–Kier alpha value is -0.340. The summed E-state index contributed by atoms with van der Waals surface area (Å²) in [7, 11) is 0. The van der Waals surface area contributed by atoms with E-state index in [-0.39, 0.29) is 10.7 Å². The van der Waals surface area contributed by atoms with Gasteiger partial charge in [0.1, 0.15) is 0 Å². The maximum Gasteiger partial charge on any atom is 0.232 e. The fourth-order valence-corrected chi connectivity index (χ4v) is 2.46. The minimum absolute atomic E-state index is 0.217. The molecule has 1 aliphatic rings. The lowest BCUT2D eigenvalue weighted by molar-refractivity contribution is -0.119. The van der Waals surface area contributed by atoms with Crippen LogP contribution in [0.15, 0.2) is 28.7 Å². The highest BCUT2D eigenvalue weighted by atomic mass is 79.9. The van der Waals surface area contributed by atoms with Crippen LogP contribution in [0.2, 0.25) is 0 Å². The van der Waals surface area contributed by atoms with Gasteiger partial charge >= 0.3 is 0 Å². The Kier molecular flexibility index (Phi) is 2.67. The molecule has 0 aliphatic heterocycles. The molecular formula is C11H10BrClO. The monoisotopic (exact) mass is 272 g/mol. The number of hydrogen-bond donors (Lipinski definition) is 0. The number of carbonyl (C=O) groups is 1. The lowest BCUT2D eigenvalue weighted by Gasteiger charge is -2.38. The SMILES string of the molecule is O=C(Cl)C1(c2ccc(Br)cc2)CCC1. The zero-order chi connectivity index (χ0) is 10.2. The van der Waals surface area contributed by atoms with E-state index in [9.17, 15) is 4.79 Å². The molecule has 0 unspecified atom stereocenters. The smallest absolute Gasteiger partial charge is 0.232 e. The second-order valence-corrected chi connectivity index (χ2v) is 4.98. The topological polar surface area (TPSA) is 17.1 Å². The molecule has 3 heteroatoms. The van der Waals surface area contributed by atoms with Crippen LogP contribution in [-0.4, -0.2) is 5.24 Å². The van der Waals surface area contributed by atoms with Crippen LogP contribution in [0.5, 0.6) is 0 Å². The van der Waals surface area contributed by atoms with Crippen molar-refractivity contribution in [2.75, 3.05) is 0 Å². The van der Waals surface area contributed by atoms with Crippen LogP contribution in [-0.2, 0) is 10.2 Å². The summed E-state index contributed by atoms with van der Waals surface area (Å²) in [5, 5.41) is -0.217. The summed E-state index contributed by atoms with van der Waals surface area (Å²) in [5.74, 6) is 0. The predicted octanol–water partition coefficient (Wildman–Crippen LogP) is 3.64. The van der Waals surface area contributed by atoms with Gasteiger partial charge in [-0.1, -0.05) is 34.5 Å². The van der Waals surface area contributed by atoms with Crippen molar-refractivity contribution in [3.8, 4) is 0 Å².